The van der Waals surface area contributed by atoms with Gasteiger partial charge in [-0.3, -0.25) is 0 Å². The van der Waals surface area contributed by atoms with Gasteiger partial charge in [0.15, 0.2) is 0 Å². The minimum Gasteiger partial charge on any atom is -0.301 e. The van der Waals surface area contributed by atoms with Crippen LogP contribution in [0.4, 0.5) is 0 Å². The van der Waals surface area contributed by atoms with E-state index in [1.165, 1.54) is 24.1 Å². The largest absolute Gasteiger partial charge is 0.301 e. The first-order chi connectivity index (χ1) is 6.68. The SMILES string of the molecule is CN(C)C1CCCc2ccc(Cl)nc21. The number of pyridine rings is 1. The summed E-state index contributed by atoms with van der Waals surface area (Å²) >= 11 is 5.92. The molecule has 0 aromatic carbocycles. The lowest BCUT2D eigenvalue weighted by atomic mass is 9.91. The van der Waals surface area contributed by atoms with E-state index in [1.807, 2.05) is 6.07 Å². The second kappa shape index (κ2) is 3.87. The zero-order valence-electron chi connectivity index (χ0n) is 8.63. The van der Waals surface area contributed by atoms with Crippen molar-refractivity contribution in [2.45, 2.75) is 25.3 Å². The minimum absolute atomic E-state index is 0.442. The van der Waals surface area contributed by atoms with Gasteiger partial charge in [-0.1, -0.05) is 17.7 Å². The molecule has 0 fully saturated rings. The van der Waals surface area contributed by atoms with E-state index >= 15 is 0 Å². The van der Waals surface area contributed by atoms with Crippen LogP contribution in [0.3, 0.4) is 0 Å². The molecule has 0 radical (unpaired) electrons. The molecule has 1 aromatic rings. The second-order valence-electron chi connectivity index (χ2n) is 4.05. The van der Waals surface area contributed by atoms with Crippen molar-refractivity contribution in [3.05, 3.63) is 28.5 Å². The van der Waals surface area contributed by atoms with Gasteiger partial charge in [0.2, 0.25) is 0 Å². The number of aryl methyl sites for hydroxylation is 1. The average Bonchev–Trinajstić information content (AvgIpc) is 2.16. The highest BCUT2D eigenvalue weighted by Gasteiger charge is 2.23. The maximum absolute atomic E-state index is 5.92. The van der Waals surface area contributed by atoms with Crippen molar-refractivity contribution in [2.75, 3.05) is 14.1 Å². The van der Waals surface area contributed by atoms with Crippen LogP contribution in [-0.2, 0) is 6.42 Å². The number of hydrogen-bond donors (Lipinski definition) is 0. The minimum atomic E-state index is 0.442. The molecule has 0 amide bonds. The summed E-state index contributed by atoms with van der Waals surface area (Å²) in [5, 5.41) is 0.609. The van der Waals surface area contributed by atoms with Crippen LogP contribution < -0.4 is 0 Å². The van der Waals surface area contributed by atoms with Gasteiger partial charge in [0.25, 0.3) is 0 Å². The molecule has 0 saturated carbocycles. The Labute approximate surface area is 89.9 Å². The highest BCUT2D eigenvalue weighted by atomic mass is 35.5. The average molecular weight is 211 g/mol. The molecule has 1 aromatic heterocycles. The third-order valence-electron chi connectivity index (χ3n) is 2.84. The zero-order valence-corrected chi connectivity index (χ0v) is 9.38. The third-order valence-corrected chi connectivity index (χ3v) is 3.05. The summed E-state index contributed by atoms with van der Waals surface area (Å²) in [6, 6.07) is 4.44. The molecule has 2 nitrogen and oxygen atoms in total. The van der Waals surface area contributed by atoms with Crippen molar-refractivity contribution in [1.29, 1.82) is 0 Å². The lowest BCUT2D eigenvalue weighted by Crippen LogP contribution is -2.25. The van der Waals surface area contributed by atoms with Crippen LogP contribution in [-0.4, -0.2) is 24.0 Å². The number of aromatic nitrogens is 1. The number of fused-ring (bicyclic) bond motifs is 1. The fourth-order valence-corrected chi connectivity index (χ4v) is 2.26. The molecule has 0 spiro atoms. The normalized spacial score (nSPS) is 21.0. The van der Waals surface area contributed by atoms with Crippen LogP contribution in [0.5, 0.6) is 0 Å². The Bertz CT molecular complexity index is 336. The van der Waals surface area contributed by atoms with Gasteiger partial charge in [0.1, 0.15) is 5.15 Å². The molecule has 0 N–H and O–H groups in total. The molecular weight excluding hydrogens is 196 g/mol. The quantitative estimate of drug-likeness (QED) is 0.663. The smallest absolute Gasteiger partial charge is 0.129 e. The van der Waals surface area contributed by atoms with E-state index in [9.17, 15) is 0 Å². The zero-order chi connectivity index (χ0) is 10.1. The van der Waals surface area contributed by atoms with E-state index in [0.717, 1.165) is 6.42 Å². The molecule has 1 atom stereocenters. The Morgan fingerprint density at radius 2 is 2.21 bits per heavy atom. The first-order valence-electron chi connectivity index (χ1n) is 5.00. The van der Waals surface area contributed by atoms with Gasteiger partial charge in [-0.2, -0.15) is 0 Å². The molecule has 3 heteroatoms. The van der Waals surface area contributed by atoms with Crippen molar-refractivity contribution in [2.24, 2.45) is 0 Å². The maximum atomic E-state index is 5.92. The van der Waals surface area contributed by atoms with Crippen LogP contribution in [0.1, 0.15) is 30.1 Å². The Morgan fingerprint density at radius 3 is 2.93 bits per heavy atom. The Morgan fingerprint density at radius 1 is 1.43 bits per heavy atom. The summed E-state index contributed by atoms with van der Waals surface area (Å²) in [5.74, 6) is 0. The lowest BCUT2D eigenvalue weighted by molar-refractivity contribution is 0.262. The van der Waals surface area contributed by atoms with Crippen molar-refractivity contribution in [3.63, 3.8) is 0 Å². The molecule has 1 aliphatic rings. The second-order valence-corrected chi connectivity index (χ2v) is 4.44. The van der Waals surface area contributed by atoms with Crippen molar-refractivity contribution < 1.29 is 0 Å². The Balaban J connectivity index is 2.41. The summed E-state index contributed by atoms with van der Waals surface area (Å²) in [4.78, 5) is 6.66. The van der Waals surface area contributed by atoms with Crippen molar-refractivity contribution >= 4 is 11.6 Å². The highest BCUT2D eigenvalue weighted by molar-refractivity contribution is 6.29. The predicted octanol–water partition coefficient (Wildman–Crippen LogP) is 2.67. The topological polar surface area (TPSA) is 16.1 Å². The van der Waals surface area contributed by atoms with Crippen molar-refractivity contribution in [3.8, 4) is 0 Å². The molecule has 14 heavy (non-hydrogen) atoms. The van der Waals surface area contributed by atoms with Crippen LogP contribution in [0, 0.1) is 0 Å². The van der Waals surface area contributed by atoms with E-state index < -0.39 is 0 Å². The van der Waals surface area contributed by atoms with Gasteiger partial charge in [0, 0.05) is 0 Å². The van der Waals surface area contributed by atoms with E-state index in [-0.39, 0.29) is 0 Å². The van der Waals surface area contributed by atoms with Crippen molar-refractivity contribution in [1.82, 2.24) is 9.88 Å². The van der Waals surface area contributed by atoms with Crippen LogP contribution >= 0.6 is 11.6 Å². The molecule has 76 valence electrons. The van der Waals surface area contributed by atoms with Gasteiger partial charge in [0.05, 0.1) is 11.7 Å². The highest BCUT2D eigenvalue weighted by Crippen LogP contribution is 2.32. The van der Waals surface area contributed by atoms with Gasteiger partial charge in [-0.05, 0) is 45.0 Å². The first-order valence-corrected chi connectivity index (χ1v) is 5.38. The maximum Gasteiger partial charge on any atom is 0.129 e. The third kappa shape index (κ3) is 1.77. The molecule has 1 unspecified atom stereocenters. The van der Waals surface area contributed by atoms with Crippen LogP contribution in [0.2, 0.25) is 5.15 Å². The number of halogens is 1. The molecule has 0 aliphatic heterocycles. The van der Waals surface area contributed by atoms with E-state index in [4.69, 9.17) is 11.6 Å². The summed E-state index contributed by atoms with van der Waals surface area (Å²) in [7, 11) is 4.20. The molecule has 0 saturated heterocycles. The Hall–Kier alpha value is -0.600. The van der Waals surface area contributed by atoms with E-state index in [2.05, 4.69) is 30.0 Å². The molecule has 1 aliphatic carbocycles. The van der Waals surface area contributed by atoms with E-state index in [1.54, 1.807) is 0 Å². The van der Waals surface area contributed by atoms with Crippen LogP contribution in [0.15, 0.2) is 12.1 Å². The van der Waals surface area contributed by atoms with Gasteiger partial charge in [-0.25, -0.2) is 4.98 Å². The van der Waals surface area contributed by atoms with Crippen LogP contribution in [0.25, 0.3) is 0 Å². The molecule has 0 bridgehead atoms. The number of rotatable bonds is 1. The summed E-state index contributed by atoms with van der Waals surface area (Å²) in [6.45, 7) is 0. The summed E-state index contributed by atoms with van der Waals surface area (Å²) < 4.78 is 0. The summed E-state index contributed by atoms with van der Waals surface area (Å²) in [5.41, 5.74) is 2.54. The fourth-order valence-electron chi connectivity index (χ4n) is 2.10. The standard InChI is InChI=1S/C11H15ClN2/c1-14(2)9-5-3-4-8-6-7-10(12)13-11(8)9/h6-7,9H,3-5H2,1-2H3. The fraction of sp³-hybridized carbons (Fsp3) is 0.545. The first kappa shape index (κ1) is 9.94. The Kier molecular flexibility index (Phi) is 2.75. The lowest BCUT2D eigenvalue weighted by Gasteiger charge is -2.29. The summed E-state index contributed by atoms with van der Waals surface area (Å²) in [6.07, 6.45) is 3.58. The van der Waals surface area contributed by atoms with Gasteiger partial charge in [-0.15, -0.1) is 0 Å². The number of hydrogen-bond acceptors (Lipinski definition) is 2. The molecule has 2 rings (SSSR count). The molecule has 1 heterocycles. The van der Waals surface area contributed by atoms with Gasteiger partial charge >= 0.3 is 0 Å². The number of nitrogens with zero attached hydrogens (tertiary/aromatic N) is 2. The van der Waals surface area contributed by atoms with E-state index in [0.29, 0.717) is 11.2 Å². The predicted molar refractivity (Wildman–Crippen MR) is 58.6 cm³/mol. The van der Waals surface area contributed by atoms with Gasteiger partial charge < -0.3 is 4.90 Å². The molecular formula is C11H15ClN2. The monoisotopic (exact) mass is 210 g/mol.